The molecule has 0 heterocycles. The van der Waals surface area contributed by atoms with E-state index in [1.165, 1.54) is 0 Å². The fourth-order valence-corrected chi connectivity index (χ4v) is 0.880. The number of unbranched alkanes of at least 4 members (excludes halogenated alkanes) is 1. The average Bonchev–Trinajstić information content (AvgIpc) is 2.14. The Bertz CT molecular complexity index is 148. The van der Waals surface area contributed by atoms with Gasteiger partial charge in [-0.25, -0.2) is 0 Å². The Balaban J connectivity index is -0.000000720. The number of nitrogens with two attached hydrogens (primary N) is 2. The molecule has 1 atom stereocenters. The summed E-state index contributed by atoms with van der Waals surface area (Å²) in [5, 5.41) is 0. The Morgan fingerprint density at radius 3 is 2.40 bits per heavy atom. The first kappa shape index (κ1) is 20.4. The average molecular weight is 261 g/mol. The van der Waals surface area contributed by atoms with Crippen molar-refractivity contribution in [2.45, 2.75) is 38.6 Å². The molecule has 0 aliphatic carbocycles. The number of carbonyl (C=O) groups excluding carboxylic acids is 1. The van der Waals surface area contributed by atoms with Crippen molar-refractivity contribution < 1.29 is 9.53 Å². The van der Waals surface area contributed by atoms with Crippen LogP contribution in [-0.4, -0.2) is 25.2 Å². The molecule has 15 heavy (non-hydrogen) atoms. The molecule has 0 saturated heterocycles. The van der Waals surface area contributed by atoms with E-state index in [9.17, 15) is 4.79 Å². The Kier molecular flexibility index (Phi) is 19.0. The SMILES string of the molecule is CCCCOC(=O)[C@@H](N)CCCN.Cl.Cl. The van der Waals surface area contributed by atoms with Crippen molar-refractivity contribution in [3.8, 4) is 0 Å². The number of esters is 1. The van der Waals surface area contributed by atoms with Crippen molar-refractivity contribution in [3.05, 3.63) is 0 Å². The van der Waals surface area contributed by atoms with E-state index in [1.807, 2.05) is 6.92 Å². The third-order valence-corrected chi connectivity index (χ3v) is 1.76. The smallest absolute Gasteiger partial charge is 0.322 e. The molecule has 0 saturated carbocycles. The molecule has 0 rings (SSSR count). The molecule has 94 valence electrons. The Labute approximate surface area is 104 Å². The van der Waals surface area contributed by atoms with E-state index in [1.54, 1.807) is 0 Å². The summed E-state index contributed by atoms with van der Waals surface area (Å²) in [6.45, 7) is 3.09. The number of halogens is 2. The van der Waals surface area contributed by atoms with E-state index in [0.717, 1.165) is 19.3 Å². The van der Waals surface area contributed by atoms with Crippen LogP contribution in [0.4, 0.5) is 0 Å². The first-order valence-corrected chi connectivity index (χ1v) is 4.84. The quantitative estimate of drug-likeness (QED) is 0.534. The second-order valence-electron chi connectivity index (χ2n) is 3.06. The first-order valence-electron chi connectivity index (χ1n) is 4.84. The third-order valence-electron chi connectivity index (χ3n) is 1.76. The summed E-state index contributed by atoms with van der Waals surface area (Å²) < 4.78 is 4.94. The highest BCUT2D eigenvalue weighted by molar-refractivity contribution is 5.85. The molecule has 0 aromatic heterocycles. The van der Waals surface area contributed by atoms with Gasteiger partial charge in [-0.1, -0.05) is 13.3 Å². The standard InChI is InChI=1S/C9H20N2O2.2ClH/c1-2-3-7-13-9(12)8(11)5-4-6-10;;/h8H,2-7,10-11H2,1H3;2*1H/t8-;;/m0../s1. The minimum atomic E-state index is -0.500. The normalized spacial score (nSPS) is 10.9. The lowest BCUT2D eigenvalue weighted by molar-refractivity contribution is -0.145. The topological polar surface area (TPSA) is 78.3 Å². The summed E-state index contributed by atoms with van der Waals surface area (Å²) >= 11 is 0. The van der Waals surface area contributed by atoms with E-state index in [2.05, 4.69) is 0 Å². The number of rotatable bonds is 7. The van der Waals surface area contributed by atoms with Gasteiger partial charge < -0.3 is 16.2 Å². The summed E-state index contributed by atoms with van der Waals surface area (Å²) in [6.07, 6.45) is 3.30. The molecule has 0 bridgehead atoms. The highest BCUT2D eigenvalue weighted by atomic mass is 35.5. The van der Waals surface area contributed by atoms with E-state index in [-0.39, 0.29) is 30.8 Å². The van der Waals surface area contributed by atoms with Crippen molar-refractivity contribution in [3.63, 3.8) is 0 Å². The van der Waals surface area contributed by atoms with Gasteiger partial charge in [-0.3, -0.25) is 4.79 Å². The largest absolute Gasteiger partial charge is 0.465 e. The fraction of sp³-hybridized carbons (Fsp3) is 0.889. The second kappa shape index (κ2) is 14.0. The number of hydrogen-bond acceptors (Lipinski definition) is 4. The van der Waals surface area contributed by atoms with Crippen molar-refractivity contribution >= 4 is 30.8 Å². The second-order valence-corrected chi connectivity index (χ2v) is 3.06. The molecule has 0 aliphatic heterocycles. The molecule has 0 aromatic rings. The van der Waals surface area contributed by atoms with Crippen LogP contribution in [0.25, 0.3) is 0 Å². The van der Waals surface area contributed by atoms with Crippen LogP contribution in [0.15, 0.2) is 0 Å². The van der Waals surface area contributed by atoms with Gasteiger partial charge in [0.1, 0.15) is 6.04 Å². The lowest BCUT2D eigenvalue weighted by atomic mass is 10.2. The zero-order valence-corrected chi connectivity index (χ0v) is 10.7. The molecule has 6 heteroatoms. The maximum absolute atomic E-state index is 11.1. The summed E-state index contributed by atoms with van der Waals surface area (Å²) in [5.74, 6) is -0.304. The van der Waals surface area contributed by atoms with Crippen LogP contribution in [0.5, 0.6) is 0 Å². The number of ether oxygens (including phenoxy) is 1. The molecule has 0 unspecified atom stereocenters. The lowest BCUT2D eigenvalue weighted by Crippen LogP contribution is -2.33. The maximum Gasteiger partial charge on any atom is 0.322 e. The van der Waals surface area contributed by atoms with Gasteiger partial charge in [0.05, 0.1) is 6.61 Å². The summed E-state index contributed by atoms with van der Waals surface area (Å²) in [4.78, 5) is 11.1. The first-order chi connectivity index (χ1) is 6.22. The molecule has 0 spiro atoms. The predicted molar refractivity (Wildman–Crippen MR) is 66.6 cm³/mol. The number of hydrogen-bond donors (Lipinski definition) is 2. The van der Waals surface area contributed by atoms with Crippen LogP contribution >= 0.6 is 24.8 Å². The van der Waals surface area contributed by atoms with Crippen LogP contribution in [0.2, 0.25) is 0 Å². The maximum atomic E-state index is 11.1. The van der Waals surface area contributed by atoms with Crippen LogP contribution in [-0.2, 0) is 9.53 Å². The van der Waals surface area contributed by atoms with E-state index in [4.69, 9.17) is 16.2 Å². The summed E-state index contributed by atoms with van der Waals surface area (Å²) in [5.41, 5.74) is 10.8. The zero-order chi connectivity index (χ0) is 10.1. The highest BCUT2D eigenvalue weighted by Crippen LogP contribution is 1.97. The molecule has 0 aliphatic rings. The van der Waals surface area contributed by atoms with Crippen LogP contribution < -0.4 is 11.5 Å². The number of carbonyl (C=O) groups is 1. The molecule has 0 radical (unpaired) electrons. The zero-order valence-electron chi connectivity index (χ0n) is 9.11. The van der Waals surface area contributed by atoms with Gasteiger partial charge in [0, 0.05) is 0 Å². The van der Waals surface area contributed by atoms with E-state index < -0.39 is 6.04 Å². The molecule has 4 nitrogen and oxygen atoms in total. The van der Waals surface area contributed by atoms with Gasteiger partial charge >= 0.3 is 5.97 Å². The Morgan fingerprint density at radius 1 is 1.33 bits per heavy atom. The predicted octanol–water partition coefficient (Wildman–Crippen LogP) is 1.24. The summed E-state index contributed by atoms with van der Waals surface area (Å²) in [7, 11) is 0. The molecular formula is C9H22Cl2N2O2. The fourth-order valence-electron chi connectivity index (χ4n) is 0.880. The minimum absolute atomic E-state index is 0. The Morgan fingerprint density at radius 2 is 1.93 bits per heavy atom. The molecular weight excluding hydrogens is 239 g/mol. The van der Waals surface area contributed by atoms with Crippen molar-refractivity contribution in [1.29, 1.82) is 0 Å². The molecule has 4 N–H and O–H groups in total. The van der Waals surface area contributed by atoms with Gasteiger partial charge in [0.2, 0.25) is 0 Å². The minimum Gasteiger partial charge on any atom is -0.465 e. The van der Waals surface area contributed by atoms with Gasteiger partial charge in [-0.2, -0.15) is 0 Å². The van der Waals surface area contributed by atoms with Crippen molar-refractivity contribution in [2.75, 3.05) is 13.2 Å². The van der Waals surface area contributed by atoms with E-state index >= 15 is 0 Å². The van der Waals surface area contributed by atoms with Crippen LogP contribution in [0.1, 0.15) is 32.6 Å². The van der Waals surface area contributed by atoms with Crippen molar-refractivity contribution in [1.82, 2.24) is 0 Å². The Hall–Kier alpha value is -0.0300. The highest BCUT2D eigenvalue weighted by Gasteiger charge is 2.13. The monoisotopic (exact) mass is 260 g/mol. The van der Waals surface area contributed by atoms with E-state index in [0.29, 0.717) is 19.6 Å². The molecule has 0 aromatic carbocycles. The van der Waals surface area contributed by atoms with Crippen LogP contribution in [0, 0.1) is 0 Å². The van der Waals surface area contributed by atoms with Gasteiger partial charge in [-0.05, 0) is 25.8 Å². The lowest BCUT2D eigenvalue weighted by Gasteiger charge is -2.10. The van der Waals surface area contributed by atoms with Crippen LogP contribution in [0.3, 0.4) is 0 Å². The summed E-state index contributed by atoms with van der Waals surface area (Å²) in [6, 6.07) is -0.500. The van der Waals surface area contributed by atoms with Gasteiger partial charge in [-0.15, -0.1) is 24.8 Å². The third kappa shape index (κ3) is 11.9. The van der Waals surface area contributed by atoms with Gasteiger partial charge in [0.25, 0.3) is 0 Å². The van der Waals surface area contributed by atoms with Crippen molar-refractivity contribution in [2.24, 2.45) is 11.5 Å². The van der Waals surface area contributed by atoms with Gasteiger partial charge in [0.15, 0.2) is 0 Å². The molecule has 0 fully saturated rings. The molecule has 0 amide bonds.